The number of β-amino-alcohol motifs (C(OH)–C–C–N with tert-alkyl or cyclic N) is 1. The third-order valence-electron chi connectivity index (χ3n) is 3.57. The summed E-state index contributed by atoms with van der Waals surface area (Å²) in [6.45, 7) is 10.2. The number of aliphatic hydroxyl groups is 2. The summed E-state index contributed by atoms with van der Waals surface area (Å²) in [4.78, 5) is 2.20. The topological polar surface area (TPSA) is 52.9 Å². The van der Waals surface area contributed by atoms with Gasteiger partial charge in [0, 0.05) is 12.6 Å². The van der Waals surface area contributed by atoms with Crippen molar-refractivity contribution < 1.29 is 14.9 Å². The zero-order chi connectivity index (χ0) is 13.8. The van der Waals surface area contributed by atoms with Crippen LogP contribution in [-0.2, 0) is 4.74 Å². The normalized spacial score (nSPS) is 28.3. The number of likely N-dealkylation sites (tertiary alicyclic amines) is 1. The highest BCUT2D eigenvalue weighted by Gasteiger charge is 2.29. The molecule has 0 aromatic carbocycles. The summed E-state index contributed by atoms with van der Waals surface area (Å²) in [7, 11) is 0. The summed E-state index contributed by atoms with van der Waals surface area (Å²) in [6.07, 6.45) is 1.82. The van der Waals surface area contributed by atoms with Gasteiger partial charge in [0.2, 0.25) is 0 Å². The first-order valence-electron chi connectivity index (χ1n) is 7.00. The minimum atomic E-state index is -0.483. The van der Waals surface area contributed by atoms with Gasteiger partial charge in [0.25, 0.3) is 0 Å². The molecule has 1 heterocycles. The van der Waals surface area contributed by atoms with Gasteiger partial charge in [-0.1, -0.05) is 6.92 Å². The highest BCUT2D eigenvalue weighted by Crippen LogP contribution is 2.23. The van der Waals surface area contributed by atoms with Crippen LogP contribution in [-0.4, -0.2) is 59.2 Å². The van der Waals surface area contributed by atoms with Crippen LogP contribution in [0.4, 0.5) is 0 Å². The molecule has 1 aliphatic rings. The molecule has 3 atom stereocenters. The van der Waals surface area contributed by atoms with Gasteiger partial charge in [-0.2, -0.15) is 0 Å². The van der Waals surface area contributed by atoms with Crippen molar-refractivity contribution in [2.24, 2.45) is 5.92 Å². The molecule has 0 aromatic heterocycles. The van der Waals surface area contributed by atoms with Crippen LogP contribution in [0.15, 0.2) is 0 Å². The molecule has 1 fully saturated rings. The molecule has 0 spiro atoms. The number of hydrogen-bond acceptors (Lipinski definition) is 4. The molecule has 18 heavy (non-hydrogen) atoms. The Morgan fingerprint density at radius 1 is 1.39 bits per heavy atom. The summed E-state index contributed by atoms with van der Waals surface area (Å²) >= 11 is 0. The van der Waals surface area contributed by atoms with Gasteiger partial charge in [0.15, 0.2) is 0 Å². The van der Waals surface area contributed by atoms with E-state index in [1.54, 1.807) is 0 Å². The fourth-order valence-corrected chi connectivity index (χ4v) is 2.53. The van der Waals surface area contributed by atoms with Gasteiger partial charge in [-0.3, -0.25) is 4.90 Å². The number of aliphatic hydroxyl groups excluding tert-OH is 2. The molecule has 108 valence electrons. The summed E-state index contributed by atoms with van der Waals surface area (Å²) in [5, 5.41) is 19.5. The molecule has 0 bridgehead atoms. The molecule has 1 aliphatic heterocycles. The Kier molecular flexibility index (Phi) is 6.05. The third kappa shape index (κ3) is 5.22. The zero-order valence-corrected chi connectivity index (χ0v) is 12.2. The summed E-state index contributed by atoms with van der Waals surface area (Å²) in [6, 6.07) is 0.183. The maximum atomic E-state index is 10.0. The summed E-state index contributed by atoms with van der Waals surface area (Å²) in [5.74, 6) is 0.500. The standard InChI is InChI=1S/C14H29NO3/c1-11-6-5-7-15(13(11)9-16)8-12(17)10-18-14(2,3)4/h11-13,16-17H,5-10H2,1-4H3. The van der Waals surface area contributed by atoms with Crippen molar-refractivity contribution in [1.29, 1.82) is 0 Å². The number of ether oxygens (including phenoxy) is 1. The van der Waals surface area contributed by atoms with Crippen molar-refractivity contribution in [2.75, 3.05) is 26.3 Å². The van der Waals surface area contributed by atoms with Crippen molar-refractivity contribution in [3.63, 3.8) is 0 Å². The van der Waals surface area contributed by atoms with Crippen LogP contribution in [0.3, 0.4) is 0 Å². The number of hydrogen-bond donors (Lipinski definition) is 2. The van der Waals surface area contributed by atoms with Crippen LogP contribution in [0.2, 0.25) is 0 Å². The molecule has 0 radical (unpaired) electrons. The van der Waals surface area contributed by atoms with Crippen molar-refractivity contribution in [3.05, 3.63) is 0 Å². The molecular weight excluding hydrogens is 230 g/mol. The van der Waals surface area contributed by atoms with E-state index in [9.17, 15) is 10.2 Å². The first-order chi connectivity index (χ1) is 8.33. The molecular formula is C14H29NO3. The second-order valence-corrected chi connectivity index (χ2v) is 6.44. The summed E-state index contributed by atoms with van der Waals surface area (Å²) < 4.78 is 5.59. The highest BCUT2D eigenvalue weighted by atomic mass is 16.5. The van der Waals surface area contributed by atoms with E-state index in [1.807, 2.05) is 20.8 Å². The van der Waals surface area contributed by atoms with Crippen molar-refractivity contribution in [3.8, 4) is 0 Å². The maximum Gasteiger partial charge on any atom is 0.0900 e. The van der Waals surface area contributed by atoms with E-state index in [1.165, 1.54) is 0 Å². The van der Waals surface area contributed by atoms with E-state index in [2.05, 4.69) is 11.8 Å². The predicted molar refractivity (Wildman–Crippen MR) is 72.6 cm³/mol. The van der Waals surface area contributed by atoms with Crippen LogP contribution in [0.5, 0.6) is 0 Å². The smallest absolute Gasteiger partial charge is 0.0900 e. The van der Waals surface area contributed by atoms with Crippen LogP contribution in [0.1, 0.15) is 40.5 Å². The Morgan fingerprint density at radius 3 is 2.61 bits per heavy atom. The highest BCUT2D eigenvalue weighted by molar-refractivity contribution is 4.83. The van der Waals surface area contributed by atoms with E-state index in [-0.39, 0.29) is 18.2 Å². The average molecular weight is 259 g/mol. The lowest BCUT2D eigenvalue weighted by Gasteiger charge is -2.40. The molecule has 0 aromatic rings. The van der Waals surface area contributed by atoms with E-state index in [0.29, 0.717) is 19.1 Å². The van der Waals surface area contributed by atoms with Crippen LogP contribution < -0.4 is 0 Å². The van der Waals surface area contributed by atoms with Gasteiger partial charge in [-0.25, -0.2) is 0 Å². The lowest BCUT2D eigenvalue weighted by molar-refractivity contribution is -0.0663. The SMILES string of the molecule is CC1CCCN(CC(O)COC(C)(C)C)C1CO. The van der Waals surface area contributed by atoms with Gasteiger partial charge in [0.1, 0.15) is 0 Å². The van der Waals surface area contributed by atoms with Crippen molar-refractivity contribution in [1.82, 2.24) is 4.90 Å². The number of nitrogens with zero attached hydrogens (tertiary/aromatic N) is 1. The van der Waals surface area contributed by atoms with Gasteiger partial charge >= 0.3 is 0 Å². The third-order valence-corrected chi connectivity index (χ3v) is 3.57. The predicted octanol–water partition coefficient (Wildman–Crippen LogP) is 1.26. The molecule has 0 aliphatic carbocycles. The first-order valence-corrected chi connectivity index (χ1v) is 7.00. The average Bonchev–Trinajstić information content (AvgIpc) is 2.26. The quantitative estimate of drug-likeness (QED) is 0.780. The fourth-order valence-electron chi connectivity index (χ4n) is 2.53. The Morgan fingerprint density at radius 2 is 2.06 bits per heavy atom. The van der Waals surface area contributed by atoms with E-state index < -0.39 is 6.10 Å². The van der Waals surface area contributed by atoms with Gasteiger partial charge < -0.3 is 14.9 Å². The Labute approximate surface area is 111 Å². The van der Waals surface area contributed by atoms with Crippen molar-refractivity contribution in [2.45, 2.75) is 58.3 Å². The van der Waals surface area contributed by atoms with E-state index in [0.717, 1.165) is 19.4 Å². The molecule has 4 nitrogen and oxygen atoms in total. The minimum absolute atomic E-state index is 0.175. The Bertz CT molecular complexity index is 240. The first kappa shape index (κ1) is 15.9. The van der Waals surface area contributed by atoms with Gasteiger partial charge in [-0.15, -0.1) is 0 Å². The molecule has 0 saturated carbocycles. The van der Waals surface area contributed by atoms with Crippen LogP contribution >= 0.6 is 0 Å². The van der Waals surface area contributed by atoms with Crippen molar-refractivity contribution >= 4 is 0 Å². The largest absolute Gasteiger partial charge is 0.395 e. The Hall–Kier alpha value is -0.160. The molecule has 1 saturated heterocycles. The van der Waals surface area contributed by atoms with Gasteiger partial charge in [-0.05, 0) is 46.1 Å². The second kappa shape index (κ2) is 6.85. The molecule has 2 N–H and O–H groups in total. The van der Waals surface area contributed by atoms with Crippen LogP contribution in [0, 0.1) is 5.92 Å². The second-order valence-electron chi connectivity index (χ2n) is 6.44. The van der Waals surface area contributed by atoms with E-state index in [4.69, 9.17) is 4.74 Å². The molecule has 1 rings (SSSR count). The number of piperidine rings is 1. The van der Waals surface area contributed by atoms with E-state index >= 15 is 0 Å². The Balaban J connectivity index is 2.39. The monoisotopic (exact) mass is 259 g/mol. The molecule has 0 amide bonds. The minimum Gasteiger partial charge on any atom is -0.395 e. The zero-order valence-electron chi connectivity index (χ0n) is 12.2. The number of rotatable bonds is 5. The van der Waals surface area contributed by atoms with Crippen LogP contribution in [0.25, 0.3) is 0 Å². The maximum absolute atomic E-state index is 10.0. The lowest BCUT2D eigenvalue weighted by Crippen LogP contribution is -2.50. The summed E-state index contributed by atoms with van der Waals surface area (Å²) in [5.41, 5.74) is -0.216. The fraction of sp³-hybridized carbons (Fsp3) is 1.00. The molecule has 3 unspecified atom stereocenters. The molecule has 4 heteroatoms. The van der Waals surface area contributed by atoms with Gasteiger partial charge in [0.05, 0.1) is 24.9 Å². The lowest BCUT2D eigenvalue weighted by atomic mass is 9.91.